The first-order valence-corrected chi connectivity index (χ1v) is 12.5. The number of halogens is 1. The number of carbonyl (C=O) groups excluding carboxylic acids is 1. The Balaban J connectivity index is 1.66. The number of nitriles is 1. The van der Waals surface area contributed by atoms with Gasteiger partial charge in [-0.05, 0) is 48.9 Å². The van der Waals surface area contributed by atoms with E-state index in [1.807, 2.05) is 12.1 Å². The number of thiazole rings is 1. The monoisotopic (exact) mass is 524 g/mol. The van der Waals surface area contributed by atoms with E-state index in [1.165, 1.54) is 28.0 Å². The number of para-hydroxylation sites is 2. The number of allylic oxidation sites excluding steroid dienone is 1. The van der Waals surface area contributed by atoms with Crippen LogP contribution in [0.3, 0.4) is 0 Å². The van der Waals surface area contributed by atoms with Gasteiger partial charge in [0.25, 0.3) is 11.5 Å². The molecule has 7 nitrogen and oxygen atoms in total. The molecular weight excluding hydrogens is 503 g/mol. The third-order valence-electron chi connectivity index (χ3n) is 5.98. The average molecular weight is 525 g/mol. The SMILES string of the molecule is CC1=C(C(=O)Nc2ccccc2)[C@H](c2ccc(F)cc2)n2c(s/c(=C\c3ccccc3OCC#N)c2=O)=N1. The molecule has 0 bridgehead atoms. The summed E-state index contributed by atoms with van der Waals surface area (Å²) in [7, 11) is 0. The number of hydrogen-bond acceptors (Lipinski definition) is 6. The lowest BCUT2D eigenvalue weighted by Gasteiger charge is -2.25. The number of rotatable bonds is 6. The van der Waals surface area contributed by atoms with Crippen molar-refractivity contribution in [3.05, 3.63) is 127 Å². The van der Waals surface area contributed by atoms with E-state index in [-0.39, 0.29) is 17.7 Å². The Morgan fingerprint density at radius 1 is 1.13 bits per heavy atom. The topological polar surface area (TPSA) is 96.5 Å². The summed E-state index contributed by atoms with van der Waals surface area (Å²) in [6.07, 6.45) is 1.68. The predicted octanol–water partition coefficient (Wildman–Crippen LogP) is 3.92. The van der Waals surface area contributed by atoms with Gasteiger partial charge in [0.15, 0.2) is 11.4 Å². The third-order valence-corrected chi connectivity index (χ3v) is 6.96. The fourth-order valence-electron chi connectivity index (χ4n) is 4.27. The van der Waals surface area contributed by atoms with Gasteiger partial charge in [0.2, 0.25) is 0 Å². The van der Waals surface area contributed by atoms with Crippen molar-refractivity contribution in [3.8, 4) is 11.8 Å². The molecule has 0 radical (unpaired) electrons. The highest BCUT2D eigenvalue weighted by Gasteiger charge is 2.32. The molecule has 0 saturated carbocycles. The van der Waals surface area contributed by atoms with Crippen LogP contribution < -0.4 is 24.9 Å². The number of fused-ring (bicyclic) bond motifs is 1. The highest BCUT2D eigenvalue weighted by molar-refractivity contribution is 7.07. The molecule has 1 atom stereocenters. The van der Waals surface area contributed by atoms with Gasteiger partial charge in [-0.25, -0.2) is 9.38 Å². The molecule has 2 heterocycles. The van der Waals surface area contributed by atoms with Crippen LogP contribution in [0.2, 0.25) is 0 Å². The third kappa shape index (κ3) is 4.90. The Bertz CT molecular complexity index is 1770. The van der Waals surface area contributed by atoms with E-state index in [0.29, 0.717) is 37.6 Å². The van der Waals surface area contributed by atoms with E-state index in [1.54, 1.807) is 73.7 Å². The number of anilines is 1. The molecule has 0 saturated heterocycles. The molecule has 188 valence electrons. The van der Waals surface area contributed by atoms with Crippen molar-refractivity contribution < 1.29 is 13.9 Å². The van der Waals surface area contributed by atoms with Crippen molar-refractivity contribution in [1.29, 1.82) is 5.26 Å². The van der Waals surface area contributed by atoms with Gasteiger partial charge in [-0.3, -0.25) is 14.2 Å². The van der Waals surface area contributed by atoms with Crippen LogP contribution in [-0.2, 0) is 4.79 Å². The van der Waals surface area contributed by atoms with Crippen LogP contribution in [0.25, 0.3) is 6.08 Å². The van der Waals surface area contributed by atoms with Crippen molar-refractivity contribution in [2.45, 2.75) is 13.0 Å². The standard InChI is InChI=1S/C29H21FN4O3S/c1-18-25(27(35)33-22-8-3-2-4-9-22)26(19-11-13-21(30)14-12-19)34-28(36)24(38-29(34)32-18)17-20-7-5-6-10-23(20)37-16-15-31/h2-14,17,26H,16H2,1H3,(H,33,35)/b24-17-/t26-/m0/s1. The molecule has 0 spiro atoms. The maximum Gasteiger partial charge on any atom is 0.271 e. The minimum Gasteiger partial charge on any atom is -0.478 e. The maximum absolute atomic E-state index is 13.8. The molecule has 4 aromatic rings. The Labute approximate surface area is 221 Å². The maximum atomic E-state index is 13.8. The lowest BCUT2D eigenvalue weighted by Crippen LogP contribution is -2.40. The zero-order valence-electron chi connectivity index (χ0n) is 20.2. The van der Waals surface area contributed by atoms with Gasteiger partial charge >= 0.3 is 0 Å². The van der Waals surface area contributed by atoms with E-state index in [9.17, 15) is 14.0 Å². The van der Waals surface area contributed by atoms with Crippen LogP contribution in [-0.4, -0.2) is 17.1 Å². The number of carbonyl (C=O) groups is 1. The van der Waals surface area contributed by atoms with Crippen LogP contribution in [0, 0.1) is 17.1 Å². The minimum atomic E-state index is -0.817. The predicted molar refractivity (Wildman–Crippen MR) is 143 cm³/mol. The van der Waals surface area contributed by atoms with E-state index >= 15 is 0 Å². The first-order valence-electron chi connectivity index (χ1n) is 11.7. The second-order valence-electron chi connectivity index (χ2n) is 8.44. The van der Waals surface area contributed by atoms with Crippen molar-refractivity contribution in [2.75, 3.05) is 11.9 Å². The molecular formula is C29H21FN4O3S. The number of nitrogens with one attached hydrogen (secondary N) is 1. The molecule has 1 amide bonds. The first-order chi connectivity index (χ1) is 18.5. The van der Waals surface area contributed by atoms with E-state index < -0.39 is 17.8 Å². The Hall–Kier alpha value is -4.81. The highest BCUT2D eigenvalue weighted by atomic mass is 32.1. The number of ether oxygens (including phenoxy) is 1. The lowest BCUT2D eigenvalue weighted by molar-refractivity contribution is -0.113. The average Bonchev–Trinajstić information content (AvgIpc) is 3.22. The van der Waals surface area contributed by atoms with Crippen LogP contribution in [0.5, 0.6) is 5.75 Å². The summed E-state index contributed by atoms with van der Waals surface area (Å²) >= 11 is 1.18. The Morgan fingerprint density at radius 3 is 2.58 bits per heavy atom. The van der Waals surface area contributed by atoms with Gasteiger partial charge in [-0.1, -0.05) is 59.9 Å². The van der Waals surface area contributed by atoms with Crippen LogP contribution in [0.4, 0.5) is 10.1 Å². The summed E-state index contributed by atoms with van der Waals surface area (Å²) in [4.78, 5) is 32.3. The Morgan fingerprint density at radius 2 is 1.84 bits per heavy atom. The summed E-state index contributed by atoms with van der Waals surface area (Å²) in [5, 5.41) is 11.8. The zero-order chi connectivity index (χ0) is 26.6. The Kier molecular flexibility index (Phi) is 6.98. The number of aromatic nitrogens is 1. The quantitative estimate of drug-likeness (QED) is 0.414. The molecule has 5 rings (SSSR count). The fraction of sp³-hybridized carbons (Fsp3) is 0.103. The van der Waals surface area contributed by atoms with E-state index in [0.717, 1.165) is 0 Å². The number of nitrogens with zero attached hydrogens (tertiary/aromatic N) is 3. The highest BCUT2D eigenvalue weighted by Crippen LogP contribution is 2.31. The normalized spacial score (nSPS) is 14.9. The van der Waals surface area contributed by atoms with Crippen LogP contribution in [0.1, 0.15) is 24.1 Å². The van der Waals surface area contributed by atoms with Crippen molar-refractivity contribution in [1.82, 2.24) is 4.57 Å². The summed E-state index contributed by atoms with van der Waals surface area (Å²) in [6, 6.07) is 22.9. The minimum absolute atomic E-state index is 0.129. The summed E-state index contributed by atoms with van der Waals surface area (Å²) < 4.78 is 21.2. The second-order valence-corrected chi connectivity index (χ2v) is 9.45. The zero-order valence-corrected chi connectivity index (χ0v) is 21.0. The van der Waals surface area contributed by atoms with Crippen molar-refractivity contribution >= 4 is 29.0 Å². The van der Waals surface area contributed by atoms with Gasteiger partial charge < -0.3 is 10.1 Å². The van der Waals surface area contributed by atoms with Crippen LogP contribution >= 0.6 is 11.3 Å². The summed E-state index contributed by atoms with van der Waals surface area (Å²) in [5.41, 5.74) is 2.20. The smallest absolute Gasteiger partial charge is 0.271 e. The van der Waals surface area contributed by atoms with Crippen molar-refractivity contribution in [2.24, 2.45) is 4.99 Å². The molecule has 1 aliphatic rings. The number of benzene rings is 3. The van der Waals surface area contributed by atoms with Gasteiger partial charge in [-0.2, -0.15) is 5.26 Å². The molecule has 0 aliphatic carbocycles. The van der Waals surface area contributed by atoms with Gasteiger partial charge in [0, 0.05) is 11.3 Å². The molecule has 38 heavy (non-hydrogen) atoms. The van der Waals surface area contributed by atoms with Gasteiger partial charge in [0.1, 0.15) is 17.6 Å². The van der Waals surface area contributed by atoms with E-state index in [2.05, 4.69) is 10.3 Å². The number of hydrogen-bond donors (Lipinski definition) is 1. The second kappa shape index (κ2) is 10.7. The number of amides is 1. The first kappa shape index (κ1) is 24.9. The summed E-state index contributed by atoms with van der Waals surface area (Å²) in [6.45, 7) is 1.59. The lowest BCUT2D eigenvalue weighted by atomic mass is 9.95. The van der Waals surface area contributed by atoms with Gasteiger partial charge in [0.05, 0.1) is 21.8 Å². The van der Waals surface area contributed by atoms with E-state index in [4.69, 9.17) is 10.00 Å². The van der Waals surface area contributed by atoms with Crippen molar-refractivity contribution in [3.63, 3.8) is 0 Å². The summed E-state index contributed by atoms with van der Waals surface area (Å²) in [5.74, 6) is -0.364. The molecule has 1 aliphatic heterocycles. The molecule has 3 aromatic carbocycles. The molecule has 1 aromatic heterocycles. The molecule has 0 unspecified atom stereocenters. The van der Waals surface area contributed by atoms with Gasteiger partial charge in [-0.15, -0.1) is 0 Å². The molecule has 0 fully saturated rings. The molecule has 1 N–H and O–H groups in total. The molecule has 9 heteroatoms. The fourth-order valence-corrected chi connectivity index (χ4v) is 5.31. The van der Waals surface area contributed by atoms with Crippen LogP contribution in [0.15, 0.2) is 99.9 Å². The largest absolute Gasteiger partial charge is 0.478 e.